The lowest BCUT2D eigenvalue weighted by molar-refractivity contribution is -0.384. The maximum absolute atomic E-state index is 13.3. The SMILES string of the molecule is CCC(Nc1cc([N+](=O)[O-])ccc1Br)c1cccc(F)c1. The second-order valence-corrected chi connectivity index (χ2v) is 5.44. The van der Waals surface area contributed by atoms with E-state index in [1.165, 1.54) is 24.3 Å². The third-order valence-electron chi connectivity index (χ3n) is 3.15. The fourth-order valence-electron chi connectivity index (χ4n) is 2.07. The van der Waals surface area contributed by atoms with E-state index >= 15 is 0 Å². The Balaban J connectivity index is 2.30. The maximum atomic E-state index is 13.3. The zero-order chi connectivity index (χ0) is 15.4. The van der Waals surface area contributed by atoms with Crippen molar-refractivity contribution in [3.8, 4) is 0 Å². The van der Waals surface area contributed by atoms with E-state index in [0.29, 0.717) is 5.69 Å². The third kappa shape index (κ3) is 3.78. The van der Waals surface area contributed by atoms with Crippen LogP contribution in [0.25, 0.3) is 0 Å². The lowest BCUT2D eigenvalue weighted by Crippen LogP contribution is -2.10. The molecule has 0 saturated carbocycles. The zero-order valence-electron chi connectivity index (χ0n) is 11.3. The van der Waals surface area contributed by atoms with Crippen LogP contribution in [0, 0.1) is 15.9 Å². The van der Waals surface area contributed by atoms with Gasteiger partial charge in [-0.2, -0.15) is 0 Å². The van der Waals surface area contributed by atoms with E-state index in [0.717, 1.165) is 16.5 Å². The Morgan fingerprint density at radius 2 is 2.10 bits per heavy atom. The number of hydrogen-bond donors (Lipinski definition) is 1. The average molecular weight is 353 g/mol. The van der Waals surface area contributed by atoms with Gasteiger partial charge in [0.15, 0.2) is 0 Å². The van der Waals surface area contributed by atoms with Crippen LogP contribution in [0.1, 0.15) is 24.9 Å². The van der Waals surface area contributed by atoms with Crippen LogP contribution in [0.15, 0.2) is 46.9 Å². The Bertz CT molecular complexity index is 664. The number of nitrogens with zero attached hydrogens (tertiary/aromatic N) is 1. The standard InChI is InChI=1S/C15H14BrFN2O2/c1-2-14(10-4-3-5-11(17)8-10)18-15-9-12(19(20)21)6-7-13(15)16/h3-9,14,18H,2H2,1H3. The van der Waals surface area contributed by atoms with Crippen LogP contribution in [0.3, 0.4) is 0 Å². The molecule has 2 rings (SSSR count). The molecule has 0 amide bonds. The molecular weight excluding hydrogens is 339 g/mol. The quantitative estimate of drug-likeness (QED) is 0.604. The highest BCUT2D eigenvalue weighted by atomic mass is 79.9. The van der Waals surface area contributed by atoms with E-state index in [4.69, 9.17) is 0 Å². The summed E-state index contributed by atoms with van der Waals surface area (Å²) in [6.45, 7) is 1.97. The van der Waals surface area contributed by atoms with Crippen molar-refractivity contribution in [2.45, 2.75) is 19.4 Å². The van der Waals surface area contributed by atoms with Gasteiger partial charge in [-0.1, -0.05) is 19.1 Å². The van der Waals surface area contributed by atoms with Crippen molar-refractivity contribution in [2.75, 3.05) is 5.32 Å². The first kappa shape index (κ1) is 15.4. The summed E-state index contributed by atoms with van der Waals surface area (Å²) in [7, 11) is 0. The van der Waals surface area contributed by atoms with Gasteiger partial charge in [0.1, 0.15) is 5.82 Å². The molecule has 2 aromatic carbocycles. The van der Waals surface area contributed by atoms with E-state index in [1.807, 2.05) is 13.0 Å². The van der Waals surface area contributed by atoms with Gasteiger partial charge in [-0.05, 0) is 46.1 Å². The minimum absolute atomic E-state index is 0.00907. The summed E-state index contributed by atoms with van der Waals surface area (Å²) in [5.74, 6) is -0.300. The molecule has 0 saturated heterocycles. The van der Waals surface area contributed by atoms with Crippen molar-refractivity contribution in [1.82, 2.24) is 0 Å². The molecule has 1 atom stereocenters. The maximum Gasteiger partial charge on any atom is 0.271 e. The van der Waals surface area contributed by atoms with Crippen LogP contribution in [0.4, 0.5) is 15.8 Å². The molecule has 0 fully saturated rings. The number of nitro groups is 1. The Kier molecular flexibility index (Phi) is 4.90. The highest BCUT2D eigenvalue weighted by Crippen LogP contribution is 2.31. The van der Waals surface area contributed by atoms with Gasteiger partial charge in [0.2, 0.25) is 0 Å². The van der Waals surface area contributed by atoms with Gasteiger partial charge in [0, 0.05) is 16.6 Å². The van der Waals surface area contributed by atoms with Gasteiger partial charge in [-0.3, -0.25) is 10.1 Å². The molecule has 1 N–H and O–H groups in total. The van der Waals surface area contributed by atoms with Gasteiger partial charge >= 0.3 is 0 Å². The molecule has 1 unspecified atom stereocenters. The number of non-ortho nitro benzene ring substituents is 1. The van der Waals surface area contributed by atoms with E-state index in [-0.39, 0.29) is 17.5 Å². The molecule has 21 heavy (non-hydrogen) atoms. The van der Waals surface area contributed by atoms with Crippen molar-refractivity contribution >= 4 is 27.3 Å². The van der Waals surface area contributed by atoms with Crippen LogP contribution >= 0.6 is 15.9 Å². The highest BCUT2D eigenvalue weighted by molar-refractivity contribution is 9.10. The summed E-state index contributed by atoms with van der Waals surface area (Å²) in [5.41, 5.74) is 1.42. The number of rotatable bonds is 5. The Hall–Kier alpha value is -1.95. The van der Waals surface area contributed by atoms with Crippen LogP contribution in [-0.2, 0) is 0 Å². The smallest absolute Gasteiger partial charge is 0.271 e. The molecule has 0 spiro atoms. The second kappa shape index (κ2) is 6.67. The predicted octanol–water partition coefficient (Wildman–Crippen LogP) is 5.06. The number of anilines is 1. The molecule has 2 aromatic rings. The van der Waals surface area contributed by atoms with E-state index < -0.39 is 4.92 Å². The largest absolute Gasteiger partial charge is 0.377 e. The molecule has 0 aliphatic heterocycles. The van der Waals surface area contributed by atoms with Crippen molar-refractivity contribution < 1.29 is 9.31 Å². The second-order valence-electron chi connectivity index (χ2n) is 4.58. The van der Waals surface area contributed by atoms with Gasteiger partial charge in [0.05, 0.1) is 16.7 Å². The Morgan fingerprint density at radius 1 is 1.33 bits per heavy atom. The minimum atomic E-state index is -0.444. The van der Waals surface area contributed by atoms with Gasteiger partial charge in [-0.25, -0.2) is 4.39 Å². The topological polar surface area (TPSA) is 55.2 Å². The molecular formula is C15H14BrFN2O2. The molecule has 0 heterocycles. The number of benzene rings is 2. The lowest BCUT2D eigenvalue weighted by atomic mass is 10.0. The minimum Gasteiger partial charge on any atom is -0.377 e. The Labute approximate surface area is 130 Å². The van der Waals surface area contributed by atoms with Crippen LogP contribution in [-0.4, -0.2) is 4.92 Å². The zero-order valence-corrected chi connectivity index (χ0v) is 12.9. The van der Waals surface area contributed by atoms with E-state index in [9.17, 15) is 14.5 Å². The normalized spacial score (nSPS) is 12.0. The predicted molar refractivity (Wildman–Crippen MR) is 83.9 cm³/mol. The van der Waals surface area contributed by atoms with Crippen LogP contribution < -0.4 is 5.32 Å². The number of halogens is 2. The van der Waals surface area contributed by atoms with E-state index in [1.54, 1.807) is 12.1 Å². The Morgan fingerprint density at radius 3 is 2.71 bits per heavy atom. The number of hydrogen-bond acceptors (Lipinski definition) is 3. The van der Waals surface area contributed by atoms with Crippen molar-refractivity contribution in [1.29, 1.82) is 0 Å². The van der Waals surface area contributed by atoms with Crippen molar-refractivity contribution in [3.05, 3.63) is 68.4 Å². The summed E-state index contributed by atoms with van der Waals surface area (Å²) < 4.78 is 14.1. The molecule has 0 aliphatic carbocycles. The fraction of sp³-hybridized carbons (Fsp3) is 0.200. The first-order valence-corrected chi connectivity index (χ1v) is 7.26. The third-order valence-corrected chi connectivity index (χ3v) is 3.84. The molecule has 0 aliphatic rings. The van der Waals surface area contributed by atoms with Gasteiger partial charge < -0.3 is 5.32 Å². The molecule has 0 aromatic heterocycles. The molecule has 4 nitrogen and oxygen atoms in total. The molecule has 0 bridgehead atoms. The summed E-state index contributed by atoms with van der Waals surface area (Å²) in [6.07, 6.45) is 0.721. The van der Waals surface area contributed by atoms with Crippen LogP contribution in [0.2, 0.25) is 0 Å². The number of nitro benzene ring substituents is 1. The van der Waals surface area contributed by atoms with Gasteiger partial charge in [-0.15, -0.1) is 0 Å². The number of nitrogens with one attached hydrogen (secondary N) is 1. The van der Waals surface area contributed by atoms with Crippen molar-refractivity contribution in [3.63, 3.8) is 0 Å². The highest BCUT2D eigenvalue weighted by Gasteiger charge is 2.14. The lowest BCUT2D eigenvalue weighted by Gasteiger charge is -2.19. The summed E-state index contributed by atoms with van der Waals surface area (Å²) >= 11 is 3.37. The first-order valence-electron chi connectivity index (χ1n) is 6.47. The fourth-order valence-corrected chi connectivity index (χ4v) is 2.43. The van der Waals surface area contributed by atoms with Gasteiger partial charge in [0.25, 0.3) is 5.69 Å². The summed E-state index contributed by atoms with van der Waals surface area (Å²) in [4.78, 5) is 10.4. The summed E-state index contributed by atoms with van der Waals surface area (Å²) in [6, 6.07) is 10.7. The average Bonchev–Trinajstić information content (AvgIpc) is 2.46. The monoisotopic (exact) mass is 352 g/mol. The molecule has 110 valence electrons. The molecule has 6 heteroatoms. The summed E-state index contributed by atoms with van der Waals surface area (Å²) in [5, 5.41) is 14.1. The van der Waals surface area contributed by atoms with Crippen molar-refractivity contribution in [2.24, 2.45) is 0 Å². The van der Waals surface area contributed by atoms with Crippen LogP contribution in [0.5, 0.6) is 0 Å². The first-order chi connectivity index (χ1) is 10.0. The van der Waals surface area contributed by atoms with E-state index in [2.05, 4.69) is 21.2 Å². The molecule has 0 radical (unpaired) electrons.